The Hall–Kier alpha value is -2.86. The Balaban J connectivity index is 1.60. The highest BCUT2D eigenvalue weighted by molar-refractivity contribution is 6.03. The third-order valence-electron chi connectivity index (χ3n) is 5.33. The van der Waals surface area contributed by atoms with Gasteiger partial charge in [-0.3, -0.25) is 4.79 Å². The number of rotatable bonds is 1. The van der Waals surface area contributed by atoms with E-state index in [2.05, 4.69) is 10.2 Å². The van der Waals surface area contributed by atoms with Gasteiger partial charge >= 0.3 is 0 Å². The zero-order chi connectivity index (χ0) is 17.8. The summed E-state index contributed by atoms with van der Waals surface area (Å²) in [6.07, 6.45) is 2.40. The summed E-state index contributed by atoms with van der Waals surface area (Å²) < 4.78 is 19.6. The van der Waals surface area contributed by atoms with Crippen molar-refractivity contribution in [1.82, 2.24) is 5.32 Å². The minimum atomic E-state index is -0.373. The maximum atomic E-state index is 13.9. The predicted molar refractivity (Wildman–Crippen MR) is 96.5 cm³/mol. The number of hydrogen-bond donors (Lipinski definition) is 2. The smallest absolute Gasteiger partial charge is 0.255 e. The summed E-state index contributed by atoms with van der Waals surface area (Å²) in [5.74, 6) is -0.231. The molecule has 2 atom stereocenters. The monoisotopic (exact) mass is 351 g/mol. The van der Waals surface area contributed by atoms with Crippen LogP contribution in [0.1, 0.15) is 33.9 Å². The number of halogens is 1. The maximum Gasteiger partial charge on any atom is 0.255 e. The van der Waals surface area contributed by atoms with Crippen molar-refractivity contribution in [2.24, 2.45) is 5.73 Å². The van der Waals surface area contributed by atoms with Gasteiger partial charge in [-0.05, 0) is 30.2 Å². The molecule has 3 heterocycles. The fraction of sp³-hybridized carbons (Fsp3) is 0.250. The number of ether oxygens (including phenoxy) is 1. The zero-order valence-electron chi connectivity index (χ0n) is 14.0. The quantitative estimate of drug-likeness (QED) is 0.829. The molecule has 0 radical (unpaired) electrons. The number of fused-ring (bicyclic) bond motifs is 1. The summed E-state index contributed by atoms with van der Waals surface area (Å²) >= 11 is 0. The van der Waals surface area contributed by atoms with Crippen LogP contribution in [0.4, 0.5) is 10.1 Å². The molecule has 0 unspecified atom stereocenters. The minimum absolute atomic E-state index is 0.0702. The van der Waals surface area contributed by atoms with E-state index in [0.717, 1.165) is 29.8 Å². The molecule has 5 nitrogen and oxygen atoms in total. The zero-order valence-corrected chi connectivity index (χ0v) is 14.0. The van der Waals surface area contributed by atoms with Gasteiger partial charge in [0.1, 0.15) is 12.8 Å². The normalized spacial score (nSPS) is 23.4. The summed E-state index contributed by atoms with van der Waals surface area (Å²) in [4.78, 5) is 14.9. The molecule has 0 aromatic heterocycles. The standard InChI is InChI=1S/C20H18FN3O2/c21-15-6-1-3-11-9-12(10-26-18(11)15)19-23-20(25)14-5-2-4-13-16(22)7-8-24(19)17(13)14/h1-6,9,16,19H,7-8,10,22H2,(H,23,25)/t16-,19+/m0/s1. The van der Waals surface area contributed by atoms with Crippen molar-refractivity contribution in [2.75, 3.05) is 18.1 Å². The van der Waals surface area contributed by atoms with Crippen molar-refractivity contribution < 1.29 is 13.9 Å². The fourth-order valence-corrected chi connectivity index (χ4v) is 4.09. The first kappa shape index (κ1) is 15.4. The molecular formula is C20H18FN3O2. The van der Waals surface area contributed by atoms with Gasteiger partial charge in [0.05, 0.1) is 11.3 Å². The SMILES string of the molecule is N[C@H]1CCN2c3c(cccc31)C(=O)N[C@H]2C1=Cc2cccc(F)c2OC1. The van der Waals surface area contributed by atoms with Crippen LogP contribution in [0, 0.1) is 5.82 Å². The predicted octanol–water partition coefficient (Wildman–Crippen LogP) is 2.58. The van der Waals surface area contributed by atoms with Gasteiger partial charge in [-0.15, -0.1) is 0 Å². The molecule has 3 N–H and O–H groups in total. The first-order valence-corrected chi connectivity index (χ1v) is 8.71. The van der Waals surface area contributed by atoms with E-state index in [4.69, 9.17) is 10.5 Å². The second-order valence-corrected chi connectivity index (χ2v) is 6.87. The van der Waals surface area contributed by atoms with Crippen LogP contribution in [0.25, 0.3) is 6.08 Å². The number of amides is 1. The van der Waals surface area contributed by atoms with Crippen molar-refractivity contribution in [2.45, 2.75) is 18.6 Å². The van der Waals surface area contributed by atoms with Crippen LogP contribution in [-0.4, -0.2) is 25.2 Å². The molecule has 2 aromatic carbocycles. The maximum absolute atomic E-state index is 13.9. The Morgan fingerprint density at radius 2 is 2.08 bits per heavy atom. The van der Waals surface area contributed by atoms with Crippen molar-refractivity contribution in [3.8, 4) is 5.75 Å². The van der Waals surface area contributed by atoms with Crippen LogP contribution < -0.4 is 20.7 Å². The highest BCUT2D eigenvalue weighted by Crippen LogP contribution is 2.40. The molecule has 132 valence electrons. The van der Waals surface area contributed by atoms with Gasteiger partial charge < -0.3 is 20.7 Å². The minimum Gasteiger partial charge on any atom is -0.485 e. The summed E-state index contributed by atoms with van der Waals surface area (Å²) in [5, 5.41) is 3.07. The number of hydrogen-bond acceptors (Lipinski definition) is 4. The highest BCUT2D eigenvalue weighted by Gasteiger charge is 2.38. The Morgan fingerprint density at radius 1 is 1.23 bits per heavy atom. The van der Waals surface area contributed by atoms with E-state index in [1.165, 1.54) is 6.07 Å². The Kier molecular flexibility index (Phi) is 3.30. The molecule has 6 heteroatoms. The lowest BCUT2D eigenvalue weighted by atomic mass is 9.90. The van der Waals surface area contributed by atoms with Gasteiger partial charge in [0.15, 0.2) is 11.6 Å². The molecule has 0 bridgehead atoms. The number of nitrogens with one attached hydrogen (secondary N) is 1. The van der Waals surface area contributed by atoms with Gasteiger partial charge in [0.2, 0.25) is 0 Å². The van der Waals surface area contributed by atoms with Crippen LogP contribution in [0.15, 0.2) is 42.0 Å². The number of carbonyl (C=O) groups is 1. The Labute approximate surface area is 150 Å². The third kappa shape index (κ3) is 2.15. The lowest BCUT2D eigenvalue weighted by Gasteiger charge is -2.45. The largest absolute Gasteiger partial charge is 0.485 e. The van der Waals surface area contributed by atoms with E-state index in [1.54, 1.807) is 6.07 Å². The van der Waals surface area contributed by atoms with Gasteiger partial charge in [0, 0.05) is 23.7 Å². The van der Waals surface area contributed by atoms with Crippen LogP contribution in [0.5, 0.6) is 5.75 Å². The second-order valence-electron chi connectivity index (χ2n) is 6.87. The van der Waals surface area contributed by atoms with Crippen molar-refractivity contribution >= 4 is 17.7 Å². The molecule has 3 aliphatic heterocycles. The number of anilines is 1. The van der Waals surface area contributed by atoms with E-state index < -0.39 is 0 Å². The number of nitrogens with zero attached hydrogens (tertiary/aromatic N) is 1. The third-order valence-corrected chi connectivity index (χ3v) is 5.33. The van der Waals surface area contributed by atoms with Crippen LogP contribution in [0.2, 0.25) is 0 Å². The molecule has 26 heavy (non-hydrogen) atoms. The first-order valence-electron chi connectivity index (χ1n) is 8.71. The van der Waals surface area contributed by atoms with E-state index in [-0.39, 0.29) is 36.3 Å². The molecule has 3 aliphatic rings. The molecule has 1 amide bonds. The molecule has 0 fully saturated rings. The topological polar surface area (TPSA) is 67.6 Å². The Morgan fingerprint density at radius 3 is 2.96 bits per heavy atom. The first-order chi connectivity index (χ1) is 12.6. The van der Waals surface area contributed by atoms with E-state index in [0.29, 0.717) is 11.1 Å². The summed E-state index contributed by atoms with van der Waals surface area (Å²) in [6, 6.07) is 10.5. The van der Waals surface area contributed by atoms with Gasteiger partial charge in [-0.25, -0.2) is 4.39 Å². The molecule has 2 aromatic rings. The Bertz CT molecular complexity index is 956. The number of nitrogens with two attached hydrogens (primary N) is 1. The fourth-order valence-electron chi connectivity index (χ4n) is 4.09. The van der Waals surface area contributed by atoms with E-state index in [9.17, 15) is 9.18 Å². The second kappa shape index (κ2) is 5.57. The van der Waals surface area contributed by atoms with Crippen LogP contribution >= 0.6 is 0 Å². The molecule has 0 spiro atoms. The van der Waals surface area contributed by atoms with Gasteiger partial charge in [0.25, 0.3) is 5.91 Å². The summed E-state index contributed by atoms with van der Waals surface area (Å²) in [6.45, 7) is 0.975. The molecule has 0 saturated heterocycles. The average Bonchev–Trinajstić information content (AvgIpc) is 2.66. The van der Waals surface area contributed by atoms with E-state index >= 15 is 0 Å². The highest BCUT2D eigenvalue weighted by atomic mass is 19.1. The van der Waals surface area contributed by atoms with Crippen molar-refractivity contribution in [3.05, 3.63) is 64.5 Å². The van der Waals surface area contributed by atoms with Crippen molar-refractivity contribution in [1.29, 1.82) is 0 Å². The summed E-state index contributed by atoms with van der Waals surface area (Å²) in [7, 11) is 0. The summed E-state index contributed by atoms with van der Waals surface area (Å²) in [5.41, 5.74) is 10.4. The molecule has 0 saturated carbocycles. The van der Waals surface area contributed by atoms with Gasteiger partial charge in [-0.1, -0.05) is 24.3 Å². The average molecular weight is 351 g/mol. The number of para-hydroxylation sites is 2. The van der Waals surface area contributed by atoms with Crippen molar-refractivity contribution in [3.63, 3.8) is 0 Å². The molecule has 0 aliphatic carbocycles. The lowest BCUT2D eigenvalue weighted by Crippen LogP contribution is -2.57. The van der Waals surface area contributed by atoms with E-state index in [1.807, 2.05) is 30.3 Å². The number of carbonyl (C=O) groups excluding carboxylic acids is 1. The molecule has 5 rings (SSSR count). The van der Waals surface area contributed by atoms with Crippen LogP contribution in [0.3, 0.4) is 0 Å². The van der Waals surface area contributed by atoms with Gasteiger partial charge in [-0.2, -0.15) is 0 Å². The molecular weight excluding hydrogens is 333 g/mol. The number of benzene rings is 2. The van der Waals surface area contributed by atoms with Crippen LogP contribution in [-0.2, 0) is 0 Å². The lowest BCUT2D eigenvalue weighted by molar-refractivity contribution is 0.0930.